The topological polar surface area (TPSA) is 55.1 Å². The van der Waals surface area contributed by atoms with Crippen LogP contribution in [0.3, 0.4) is 0 Å². The lowest BCUT2D eigenvalue weighted by Crippen LogP contribution is -2.18. The molecule has 0 aliphatic heterocycles. The number of ether oxygens (including phenoxy) is 2. The number of pyridine rings is 1. The number of nitriles is 1. The molecule has 0 saturated carbocycles. The van der Waals surface area contributed by atoms with Crippen molar-refractivity contribution in [1.82, 2.24) is 4.98 Å². The van der Waals surface area contributed by atoms with Gasteiger partial charge in [0.15, 0.2) is 11.6 Å². The normalized spacial score (nSPS) is 16.5. The number of hydrogen-bond acceptors (Lipinski definition) is 4. The molecule has 0 spiro atoms. The van der Waals surface area contributed by atoms with Crippen molar-refractivity contribution in [3.05, 3.63) is 107 Å². The van der Waals surface area contributed by atoms with Crippen LogP contribution in [0.1, 0.15) is 23.1 Å². The summed E-state index contributed by atoms with van der Waals surface area (Å²) in [6.07, 6.45) is 8.46. The highest BCUT2D eigenvalue weighted by atomic mass is 19.2. The smallest absolute Gasteiger partial charge is 0.214 e. The van der Waals surface area contributed by atoms with Crippen LogP contribution in [0.2, 0.25) is 0 Å². The van der Waals surface area contributed by atoms with E-state index in [1.165, 1.54) is 30.3 Å². The van der Waals surface area contributed by atoms with E-state index in [1.54, 1.807) is 7.11 Å². The van der Waals surface area contributed by atoms with Crippen LogP contribution in [-0.4, -0.2) is 18.7 Å². The van der Waals surface area contributed by atoms with Gasteiger partial charge in [-0.25, -0.2) is 22.5 Å². The first-order chi connectivity index (χ1) is 17.9. The third kappa shape index (κ3) is 6.07. The minimum atomic E-state index is -1.33. The minimum absolute atomic E-state index is 0.0235. The minimum Gasteiger partial charge on any atom is -0.473 e. The fraction of sp³-hybridized carbons (Fsp3) is 0.241. The zero-order valence-corrected chi connectivity index (χ0v) is 20.1. The number of aromatic nitrogens is 1. The van der Waals surface area contributed by atoms with Gasteiger partial charge < -0.3 is 9.47 Å². The van der Waals surface area contributed by atoms with Gasteiger partial charge in [0.25, 0.3) is 0 Å². The van der Waals surface area contributed by atoms with E-state index in [4.69, 9.17) is 14.7 Å². The Balaban J connectivity index is 1.55. The van der Waals surface area contributed by atoms with Crippen LogP contribution in [0, 0.1) is 46.4 Å². The second-order valence-electron chi connectivity index (χ2n) is 8.67. The van der Waals surface area contributed by atoms with E-state index >= 15 is 13.2 Å². The van der Waals surface area contributed by atoms with Crippen molar-refractivity contribution in [2.75, 3.05) is 13.7 Å². The highest BCUT2D eigenvalue weighted by Crippen LogP contribution is 2.33. The Kier molecular flexibility index (Phi) is 8.36. The van der Waals surface area contributed by atoms with Crippen LogP contribution in [-0.2, 0) is 17.8 Å². The summed E-state index contributed by atoms with van der Waals surface area (Å²) in [6, 6.07) is 11.0. The van der Waals surface area contributed by atoms with Crippen LogP contribution in [0.25, 0.3) is 11.3 Å². The van der Waals surface area contributed by atoms with E-state index in [9.17, 15) is 4.39 Å². The van der Waals surface area contributed by atoms with Crippen LogP contribution in [0.15, 0.2) is 66.8 Å². The Bertz CT molecular complexity index is 1380. The number of nitrogens with zero attached hydrogens (tertiary/aromatic N) is 2. The Morgan fingerprint density at radius 1 is 0.919 bits per heavy atom. The van der Waals surface area contributed by atoms with Crippen molar-refractivity contribution in [2.24, 2.45) is 11.8 Å². The third-order valence-corrected chi connectivity index (χ3v) is 6.26. The lowest BCUT2D eigenvalue weighted by atomic mass is 9.81. The molecule has 1 aliphatic rings. The SMILES string of the molecule is COCCC1C=CC=CC1Cc1cc(F)c(-c2cccc(OCc3ccc(C#N)cc3F)n2)c(F)c1F. The number of benzene rings is 2. The summed E-state index contributed by atoms with van der Waals surface area (Å²) in [4.78, 5) is 4.10. The second kappa shape index (κ2) is 11.8. The maximum absolute atomic E-state index is 15.1. The molecule has 4 rings (SSSR count). The molecule has 0 bridgehead atoms. The molecular weight excluding hydrogens is 484 g/mol. The van der Waals surface area contributed by atoms with E-state index in [2.05, 4.69) is 4.98 Å². The van der Waals surface area contributed by atoms with Gasteiger partial charge in [-0.3, -0.25) is 0 Å². The van der Waals surface area contributed by atoms with Crippen molar-refractivity contribution in [2.45, 2.75) is 19.4 Å². The molecule has 0 N–H and O–H groups in total. The summed E-state index contributed by atoms with van der Waals surface area (Å²) in [5.41, 5.74) is -0.480. The van der Waals surface area contributed by atoms with Gasteiger partial charge in [-0.1, -0.05) is 36.4 Å². The monoisotopic (exact) mass is 508 g/mol. The number of rotatable bonds is 9. The van der Waals surface area contributed by atoms with E-state index in [0.29, 0.717) is 13.0 Å². The quantitative estimate of drug-likeness (QED) is 0.239. The zero-order valence-electron chi connectivity index (χ0n) is 20.1. The lowest BCUT2D eigenvalue weighted by Gasteiger charge is -2.24. The first-order valence-corrected chi connectivity index (χ1v) is 11.7. The Labute approximate surface area is 212 Å². The molecule has 1 heterocycles. The summed E-state index contributed by atoms with van der Waals surface area (Å²) < 4.78 is 70.1. The molecule has 2 atom stereocenters. The van der Waals surface area contributed by atoms with Crippen LogP contribution < -0.4 is 4.74 Å². The maximum atomic E-state index is 15.1. The van der Waals surface area contributed by atoms with Gasteiger partial charge >= 0.3 is 0 Å². The van der Waals surface area contributed by atoms with E-state index in [0.717, 1.165) is 12.1 Å². The summed E-state index contributed by atoms with van der Waals surface area (Å²) in [5.74, 6) is -4.12. The third-order valence-electron chi connectivity index (χ3n) is 6.26. The van der Waals surface area contributed by atoms with E-state index in [-0.39, 0.29) is 53.1 Å². The fourth-order valence-electron chi connectivity index (χ4n) is 4.28. The van der Waals surface area contributed by atoms with Crippen molar-refractivity contribution < 1.29 is 27.0 Å². The van der Waals surface area contributed by atoms with Gasteiger partial charge in [0.2, 0.25) is 5.88 Å². The van der Waals surface area contributed by atoms with Crippen LogP contribution >= 0.6 is 0 Å². The molecule has 2 unspecified atom stereocenters. The number of hydrogen-bond donors (Lipinski definition) is 0. The number of methoxy groups -OCH3 is 1. The lowest BCUT2D eigenvalue weighted by molar-refractivity contribution is 0.176. The highest BCUT2D eigenvalue weighted by Gasteiger charge is 2.25. The maximum Gasteiger partial charge on any atom is 0.214 e. The van der Waals surface area contributed by atoms with Gasteiger partial charge in [0.1, 0.15) is 18.2 Å². The zero-order chi connectivity index (χ0) is 26.4. The molecule has 0 radical (unpaired) electrons. The highest BCUT2D eigenvalue weighted by molar-refractivity contribution is 5.62. The summed E-state index contributed by atoms with van der Waals surface area (Å²) in [6.45, 7) is 0.297. The number of allylic oxidation sites excluding steroid dienone is 4. The van der Waals surface area contributed by atoms with Gasteiger partial charge in [0, 0.05) is 25.3 Å². The Morgan fingerprint density at radius 3 is 2.43 bits per heavy atom. The summed E-state index contributed by atoms with van der Waals surface area (Å²) in [7, 11) is 1.60. The standard InChI is InChI=1S/C29H24F4N2O2/c1-36-12-11-19-5-2-3-6-20(19)14-22-15-24(31)27(29(33)28(22)32)25-7-4-8-26(35-25)37-17-21-10-9-18(16-34)13-23(21)30/h2-10,13,15,19-20H,11-12,14,17H2,1H3. The Hall–Kier alpha value is -3.96. The molecule has 0 amide bonds. The van der Waals surface area contributed by atoms with Crippen molar-refractivity contribution in [1.29, 1.82) is 5.26 Å². The largest absolute Gasteiger partial charge is 0.473 e. The predicted octanol–water partition coefficient (Wildman–Crippen LogP) is 6.69. The first kappa shape index (κ1) is 26.1. The molecule has 37 heavy (non-hydrogen) atoms. The summed E-state index contributed by atoms with van der Waals surface area (Å²) in [5, 5.41) is 8.85. The Morgan fingerprint density at radius 2 is 1.70 bits per heavy atom. The molecule has 1 aliphatic carbocycles. The number of halogens is 4. The molecule has 0 fully saturated rings. The van der Waals surface area contributed by atoms with Gasteiger partial charge in [-0.2, -0.15) is 5.26 Å². The first-order valence-electron chi connectivity index (χ1n) is 11.7. The average Bonchev–Trinajstić information content (AvgIpc) is 2.90. The predicted molar refractivity (Wildman–Crippen MR) is 130 cm³/mol. The molecule has 0 saturated heterocycles. The molecular formula is C29H24F4N2O2. The average molecular weight is 509 g/mol. The molecule has 3 aromatic rings. The van der Waals surface area contributed by atoms with Crippen molar-refractivity contribution >= 4 is 0 Å². The molecule has 190 valence electrons. The molecule has 2 aromatic carbocycles. The van der Waals surface area contributed by atoms with Gasteiger partial charge in [-0.15, -0.1) is 0 Å². The molecule has 1 aromatic heterocycles. The van der Waals surface area contributed by atoms with Crippen molar-refractivity contribution in [3.63, 3.8) is 0 Å². The van der Waals surface area contributed by atoms with Crippen LogP contribution in [0.5, 0.6) is 5.88 Å². The van der Waals surface area contributed by atoms with E-state index < -0.39 is 28.8 Å². The van der Waals surface area contributed by atoms with Crippen LogP contribution in [0.4, 0.5) is 17.6 Å². The second-order valence-corrected chi connectivity index (χ2v) is 8.67. The molecule has 4 nitrogen and oxygen atoms in total. The molecule has 8 heteroatoms. The fourth-order valence-corrected chi connectivity index (χ4v) is 4.28. The van der Waals surface area contributed by atoms with Crippen molar-refractivity contribution in [3.8, 4) is 23.2 Å². The van der Waals surface area contributed by atoms with E-state index in [1.807, 2.05) is 30.4 Å². The summed E-state index contributed by atoms with van der Waals surface area (Å²) >= 11 is 0. The van der Waals surface area contributed by atoms with Gasteiger partial charge in [0.05, 0.1) is 22.9 Å². The van der Waals surface area contributed by atoms with Gasteiger partial charge in [-0.05, 0) is 54.5 Å².